The van der Waals surface area contributed by atoms with Gasteiger partial charge in [-0.3, -0.25) is 5.41 Å². The molecule has 2 bridgehead atoms. The lowest BCUT2D eigenvalue weighted by Gasteiger charge is -2.33. The van der Waals surface area contributed by atoms with Gasteiger partial charge in [-0.05, 0) is 0 Å². The summed E-state index contributed by atoms with van der Waals surface area (Å²) in [6.07, 6.45) is -0.601. The summed E-state index contributed by atoms with van der Waals surface area (Å²) in [5.41, 5.74) is -3.11. The molecule has 2 unspecified atom stereocenters. The molecule has 0 radical (unpaired) electrons. The summed E-state index contributed by atoms with van der Waals surface area (Å²) in [5, 5.41) is 34.7. The number of ether oxygens (including phenoxy) is 2. The molecule has 6 heteroatoms. The quantitative estimate of drug-likeness (QED) is 0.606. The molecule has 2 saturated heterocycles. The van der Waals surface area contributed by atoms with E-state index in [2.05, 4.69) is 0 Å². The first-order valence-electron chi connectivity index (χ1n) is 4.25. The molecule has 0 amide bonds. The van der Waals surface area contributed by atoms with Crippen LogP contribution in [0.4, 0.5) is 0 Å². The summed E-state index contributed by atoms with van der Waals surface area (Å²) in [4.78, 5) is 0. The molecule has 0 aliphatic carbocycles. The maximum atomic E-state index is 9.11. The minimum absolute atomic E-state index is 0.0729. The smallest absolute Gasteiger partial charge is 0.207 e. The van der Waals surface area contributed by atoms with Crippen LogP contribution >= 0.6 is 0 Å². The van der Waals surface area contributed by atoms with Gasteiger partial charge in [-0.25, -0.2) is 0 Å². The monoisotopic (exact) mass is 202 g/mol. The van der Waals surface area contributed by atoms with E-state index in [1.54, 1.807) is 12.1 Å². The fourth-order valence-corrected chi connectivity index (χ4v) is 1.89. The Balaban J connectivity index is 2.61. The molecule has 0 spiro atoms. The number of hydrogen-bond acceptors (Lipinski definition) is 6. The van der Waals surface area contributed by atoms with E-state index in [1.807, 2.05) is 6.07 Å². The largest absolute Gasteiger partial charge is 0.450 e. The normalized spacial score (nSPS) is 35.8. The number of nitrogens with zero attached hydrogens (tertiary/aromatic N) is 3. The zero-order chi connectivity index (χ0) is 11.1. The van der Waals surface area contributed by atoms with Crippen LogP contribution in [0.5, 0.6) is 0 Å². The van der Waals surface area contributed by atoms with Crippen molar-refractivity contribution in [3.8, 4) is 18.2 Å². The number of fused-ring (bicyclic) bond motifs is 2. The van der Waals surface area contributed by atoms with Crippen LogP contribution in [0, 0.1) is 50.2 Å². The molecule has 74 valence electrons. The summed E-state index contributed by atoms with van der Waals surface area (Å²) in [6, 6.07) is 5.45. The zero-order valence-corrected chi connectivity index (χ0v) is 7.65. The topological polar surface area (TPSA) is 114 Å². The van der Waals surface area contributed by atoms with Crippen LogP contribution in [0.3, 0.4) is 0 Å². The van der Waals surface area contributed by atoms with Gasteiger partial charge in [-0.2, -0.15) is 15.8 Å². The summed E-state index contributed by atoms with van der Waals surface area (Å²) < 4.78 is 10.1. The van der Waals surface area contributed by atoms with Gasteiger partial charge in [-0.1, -0.05) is 0 Å². The SMILES string of the molecule is N#CC1(C#N)COC2CC1(C#N)C(=N)O2. The Kier molecular flexibility index (Phi) is 1.70. The van der Waals surface area contributed by atoms with Gasteiger partial charge in [0.25, 0.3) is 0 Å². The van der Waals surface area contributed by atoms with Crippen LogP contribution in [-0.2, 0) is 9.47 Å². The molecule has 1 N–H and O–H groups in total. The van der Waals surface area contributed by atoms with Crippen molar-refractivity contribution in [2.24, 2.45) is 10.8 Å². The Hall–Kier alpha value is -2.10. The first-order chi connectivity index (χ1) is 7.14. The lowest BCUT2D eigenvalue weighted by molar-refractivity contribution is -0.118. The standard InChI is InChI=1S/C9H6N4O2/c10-2-8(3-11)5-14-6-1-9(8,4-12)7(13)15-6/h6,13H,1,5H2. The summed E-state index contributed by atoms with van der Waals surface area (Å²) in [7, 11) is 0. The Bertz CT molecular complexity index is 438. The first-order valence-corrected chi connectivity index (χ1v) is 4.25. The summed E-state index contributed by atoms with van der Waals surface area (Å²) in [5.74, 6) is -0.337. The van der Waals surface area contributed by atoms with Crippen LogP contribution in [0.1, 0.15) is 6.42 Å². The highest BCUT2D eigenvalue weighted by molar-refractivity contribution is 5.87. The maximum Gasteiger partial charge on any atom is 0.207 e. The summed E-state index contributed by atoms with van der Waals surface area (Å²) in [6.45, 7) is -0.194. The van der Waals surface area contributed by atoms with E-state index in [4.69, 9.17) is 30.7 Å². The van der Waals surface area contributed by atoms with Gasteiger partial charge in [-0.15, -0.1) is 0 Å². The molecule has 2 aliphatic rings. The van der Waals surface area contributed by atoms with Crippen molar-refractivity contribution in [1.29, 1.82) is 21.2 Å². The van der Waals surface area contributed by atoms with Crippen molar-refractivity contribution >= 4 is 5.90 Å². The van der Waals surface area contributed by atoms with Crippen molar-refractivity contribution in [3.05, 3.63) is 0 Å². The van der Waals surface area contributed by atoms with E-state index >= 15 is 0 Å². The number of hydrogen-bond donors (Lipinski definition) is 1. The number of nitrogens with one attached hydrogen (secondary N) is 1. The molecule has 2 heterocycles. The van der Waals surface area contributed by atoms with Crippen LogP contribution in [0.25, 0.3) is 0 Å². The van der Waals surface area contributed by atoms with Crippen molar-refractivity contribution in [1.82, 2.24) is 0 Å². The molecule has 2 atom stereocenters. The maximum absolute atomic E-state index is 9.11. The molecule has 0 saturated carbocycles. The van der Waals surface area contributed by atoms with Crippen molar-refractivity contribution < 1.29 is 9.47 Å². The average molecular weight is 202 g/mol. The fourth-order valence-electron chi connectivity index (χ4n) is 1.89. The van der Waals surface area contributed by atoms with Gasteiger partial charge >= 0.3 is 0 Å². The Morgan fingerprint density at radius 3 is 2.47 bits per heavy atom. The van der Waals surface area contributed by atoms with Crippen LogP contribution in [0.2, 0.25) is 0 Å². The molecule has 0 aromatic heterocycles. The van der Waals surface area contributed by atoms with E-state index in [0.29, 0.717) is 0 Å². The lowest BCUT2D eigenvalue weighted by Crippen LogP contribution is -2.48. The van der Waals surface area contributed by atoms with Gasteiger partial charge in [0.2, 0.25) is 12.2 Å². The number of nitriles is 3. The fraction of sp³-hybridized carbons (Fsp3) is 0.556. The molecule has 2 fully saturated rings. The molecular formula is C9H6N4O2. The zero-order valence-electron chi connectivity index (χ0n) is 7.65. The minimum Gasteiger partial charge on any atom is -0.450 e. The Morgan fingerprint density at radius 1 is 1.27 bits per heavy atom. The van der Waals surface area contributed by atoms with Crippen LogP contribution in [0.15, 0.2) is 0 Å². The Morgan fingerprint density at radius 2 is 1.93 bits per heavy atom. The molecule has 0 aromatic carbocycles. The van der Waals surface area contributed by atoms with E-state index in [1.165, 1.54) is 0 Å². The molecule has 15 heavy (non-hydrogen) atoms. The second-order valence-electron chi connectivity index (χ2n) is 3.54. The van der Waals surface area contributed by atoms with Gasteiger partial charge in [0.1, 0.15) is 0 Å². The third kappa shape index (κ3) is 0.857. The third-order valence-corrected chi connectivity index (χ3v) is 2.90. The predicted octanol–water partition coefficient (Wildman–Crippen LogP) is 0.284. The van der Waals surface area contributed by atoms with Crippen LogP contribution < -0.4 is 0 Å². The molecule has 2 rings (SSSR count). The van der Waals surface area contributed by atoms with Crippen molar-refractivity contribution in [2.75, 3.05) is 6.61 Å². The molecule has 0 aromatic rings. The lowest BCUT2D eigenvalue weighted by atomic mass is 9.63. The molecule has 6 nitrogen and oxygen atoms in total. The van der Waals surface area contributed by atoms with E-state index in [0.717, 1.165) is 0 Å². The highest BCUT2D eigenvalue weighted by Crippen LogP contribution is 2.52. The number of rotatable bonds is 0. The minimum atomic E-state index is -1.63. The third-order valence-electron chi connectivity index (χ3n) is 2.90. The highest BCUT2D eigenvalue weighted by Gasteiger charge is 2.66. The van der Waals surface area contributed by atoms with E-state index in [-0.39, 0.29) is 18.9 Å². The predicted molar refractivity (Wildman–Crippen MR) is 44.9 cm³/mol. The highest BCUT2D eigenvalue weighted by atomic mass is 16.7. The van der Waals surface area contributed by atoms with Gasteiger partial charge in [0.15, 0.2) is 10.8 Å². The molecular weight excluding hydrogens is 196 g/mol. The molecule has 2 aliphatic heterocycles. The second kappa shape index (κ2) is 2.70. The first kappa shape index (κ1) is 9.45. The Labute approximate surface area is 85.7 Å². The van der Waals surface area contributed by atoms with Gasteiger partial charge in [0.05, 0.1) is 24.8 Å². The second-order valence-corrected chi connectivity index (χ2v) is 3.54. The summed E-state index contributed by atoms with van der Waals surface area (Å²) >= 11 is 0. The van der Waals surface area contributed by atoms with Gasteiger partial charge in [0, 0.05) is 6.42 Å². The van der Waals surface area contributed by atoms with E-state index in [9.17, 15) is 0 Å². The van der Waals surface area contributed by atoms with Crippen molar-refractivity contribution in [2.45, 2.75) is 12.7 Å². The van der Waals surface area contributed by atoms with Gasteiger partial charge < -0.3 is 9.47 Å². The van der Waals surface area contributed by atoms with Crippen LogP contribution in [-0.4, -0.2) is 18.8 Å². The van der Waals surface area contributed by atoms with E-state index < -0.39 is 17.1 Å². The van der Waals surface area contributed by atoms with Crippen molar-refractivity contribution in [3.63, 3.8) is 0 Å². The average Bonchev–Trinajstić information content (AvgIpc) is 2.55.